The van der Waals surface area contributed by atoms with E-state index in [2.05, 4.69) is 21.2 Å². The van der Waals surface area contributed by atoms with E-state index in [1.165, 1.54) is 6.07 Å². The van der Waals surface area contributed by atoms with Crippen LogP contribution < -0.4 is 11.1 Å². The second kappa shape index (κ2) is 8.74. The summed E-state index contributed by atoms with van der Waals surface area (Å²) in [7, 11) is 0. The van der Waals surface area contributed by atoms with Gasteiger partial charge in [-0.1, -0.05) is 0 Å². The Morgan fingerprint density at radius 1 is 1.61 bits per heavy atom. The smallest absolute Gasteiger partial charge is 0.241 e. The molecule has 3 nitrogen and oxygen atoms in total. The van der Waals surface area contributed by atoms with Crippen LogP contribution in [0.4, 0.5) is 10.1 Å². The van der Waals surface area contributed by atoms with Crippen molar-refractivity contribution in [1.82, 2.24) is 0 Å². The number of nitrogens with two attached hydrogens (primary N) is 1. The monoisotopic (exact) mass is 356 g/mol. The number of nitrogens with one attached hydrogen (secondary N) is 1. The Morgan fingerprint density at radius 3 is 2.83 bits per heavy atom. The quantitative estimate of drug-likeness (QED) is 0.851. The SMILES string of the molecule is CSCC[C@H](N)C(=O)Nc1ccc(Br)c(F)c1.Cl. The van der Waals surface area contributed by atoms with Gasteiger partial charge in [0.15, 0.2) is 0 Å². The fourth-order valence-corrected chi connectivity index (χ4v) is 1.92. The number of hydrogen-bond acceptors (Lipinski definition) is 3. The molecule has 0 radical (unpaired) electrons. The van der Waals surface area contributed by atoms with Gasteiger partial charge < -0.3 is 11.1 Å². The topological polar surface area (TPSA) is 55.1 Å². The summed E-state index contributed by atoms with van der Waals surface area (Å²) in [5, 5.41) is 2.58. The molecule has 1 aromatic carbocycles. The van der Waals surface area contributed by atoms with Crippen LogP contribution in [0.2, 0.25) is 0 Å². The maximum Gasteiger partial charge on any atom is 0.241 e. The molecule has 0 saturated carbocycles. The predicted molar refractivity (Wildman–Crippen MR) is 81.0 cm³/mol. The van der Waals surface area contributed by atoms with E-state index in [9.17, 15) is 9.18 Å². The second-order valence-corrected chi connectivity index (χ2v) is 5.35. The van der Waals surface area contributed by atoms with Crippen molar-refractivity contribution in [3.63, 3.8) is 0 Å². The first-order valence-electron chi connectivity index (χ1n) is 5.05. The lowest BCUT2D eigenvalue weighted by Crippen LogP contribution is -2.36. The minimum Gasteiger partial charge on any atom is -0.325 e. The molecule has 0 aliphatic heterocycles. The zero-order valence-corrected chi connectivity index (χ0v) is 13.0. The number of anilines is 1. The van der Waals surface area contributed by atoms with Crippen LogP contribution in [0.5, 0.6) is 0 Å². The van der Waals surface area contributed by atoms with E-state index < -0.39 is 11.9 Å². The van der Waals surface area contributed by atoms with Crippen LogP contribution in [0.1, 0.15) is 6.42 Å². The van der Waals surface area contributed by atoms with Crippen molar-refractivity contribution in [2.45, 2.75) is 12.5 Å². The summed E-state index contributed by atoms with van der Waals surface area (Å²) in [6, 6.07) is 3.85. The minimum absolute atomic E-state index is 0. The number of amides is 1. The van der Waals surface area contributed by atoms with E-state index in [1.807, 2.05) is 6.26 Å². The summed E-state index contributed by atoms with van der Waals surface area (Å²) in [5.41, 5.74) is 6.10. The van der Waals surface area contributed by atoms with E-state index in [0.29, 0.717) is 16.6 Å². The van der Waals surface area contributed by atoms with Crippen LogP contribution in [0.15, 0.2) is 22.7 Å². The van der Waals surface area contributed by atoms with Crippen molar-refractivity contribution in [2.24, 2.45) is 5.73 Å². The molecule has 0 spiro atoms. The van der Waals surface area contributed by atoms with Gasteiger partial charge in [0.25, 0.3) is 0 Å². The number of carbonyl (C=O) groups is 1. The van der Waals surface area contributed by atoms with Crippen molar-refractivity contribution >= 4 is 51.7 Å². The Balaban J connectivity index is 0.00000289. The van der Waals surface area contributed by atoms with Crippen LogP contribution in [-0.4, -0.2) is 24.0 Å². The fourth-order valence-electron chi connectivity index (χ4n) is 1.18. The molecular weight excluding hydrogens is 343 g/mol. The number of hydrogen-bond donors (Lipinski definition) is 2. The average molecular weight is 358 g/mol. The first-order chi connectivity index (χ1) is 8.04. The molecule has 1 atom stereocenters. The number of benzene rings is 1. The summed E-state index contributed by atoms with van der Waals surface area (Å²) >= 11 is 4.68. The van der Waals surface area contributed by atoms with Gasteiger partial charge in [-0.05, 0) is 52.6 Å². The molecule has 1 aromatic rings. The van der Waals surface area contributed by atoms with Gasteiger partial charge in [0.1, 0.15) is 5.82 Å². The molecule has 0 bridgehead atoms. The second-order valence-electron chi connectivity index (χ2n) is 3.51. The largest absolute Gasteiger partial charge is 0.325 e. The van der Waals surface area contributed by atoms with Gasteiger partial charge in [0, 0.05) is 5.69 Å². The van der Waals surface area contributed by atoms with E-state index in [1.54, 1.807) is 23.9 Å². The normalized spacial score (nSPS) is 11.6. The first-order valence-corrected chi connectivity index (χ1v) is 7.23. The lowest BCUT2D eigenvalue weighted by Gasteiger charge is -2.11. The Bertz CT molecular complexity index is 409. The molecule has 0 aliphatic carbocycles. The molecule has 0 heterocycles. The molecule has 102 valence electrons. The van der Waals surface area contributed by atoms with Crippen molar-refractivity contribution in [3.05, 3.63) is 28.5 Å². The molecular formula is C11H15BrClFN2OS. The Hall–Kier alpha value is -0.300. The van der Waals surface area contributed by atoms with Crippen molar-refractivity contribution in [1.29, 1.82) is 0 Å². The lowest BCUT2D eigenvalue weighted by molar-refractivity contribution is -0.117. The average Bonchev–Trinajstić information content (AvgIpc) is 2.30. The van der Waals surface area contributed by atoms with Gasteiger partial charge in [-0.2, -0.15) is 11.8 Å². The third kappa shape index (κ3) is 5.56. The fraction of sp³-hybridized carbons (Fsp3) is 0.364. The number of halogens is 3. The molecule has 7 heteroatoms. The van der Waals surface area contributed by atoms with Gasteiger partial charge in [-0.25, -0.2) is 4.39 Å². The summed E-state index contributed by atoms with van der Waals surface area (Å²) in [6.45, 7) is 0. The molecule has 0 aliphatic rings. The van der Waals surface area contributed by atoms with E-state index >= 15 is 0 Å². The van der Waals surface area contributed by atoms with E-state index in [4.69, 9.17) is 5.73 Å². The minimum atomic E-state index is -0.561. The van der Waals surface area contributed by atoms with Gasteiger partial charge >= 0.3 is 0 Å². The molecule has 1 amide bonds. The van der Waals surface area contributed by atoms with Gasteiger partial charge in [-0.15, -0.1) is 12.4 Å². The maximum atomic E-state index is 13.2. The lowest BCUT2D eigenvalue weighted by atomic mass is 10.2. The highest BCUT2D eigenvalue weighted by Gasteiger charge is 2.13. The van der Waals surface area contributed by atoms with Gasteiger partial charge in [0.05, 0.1) is 10.5 Å². The zero-order chi connectivity index (χ0) is 12.8. The highest BCUT2D eigenvalue weighted by atomic mass is 79.9. The molecule has 3 N–H and O–H groups in total. The molecule has 1 rings (SSSR count). The molecule has 0 aromatic heterocycles. The summed E-state index contributed by atoms with van der Waals surface area (Å²) in [5.74, 6) is 0.116. The molecule has 0 fully saturated rings. The third-order valence-electron chi connectivity index (χ3n) is 2.16. The Labute approximate surface area is 125 Å². The van der Waals surface area contributed by atoms with Crippen LogP contribution in [0, 0.1) is 5.82 Å². The van der Waals surface area contributed by atoms with Crippen LogP contribution >= 0.6 is 40.1 Å². The van der Waals surface area contributed by atoms with Gasteiger partial charge in [-0.3, -0.25) is 4.79 Å². The van der Waals surface area contributed by atoms with Crippen molar-refractivity contribution < 1.29 is 9.18 Å². The highest BCUT2D eigenvalue weighted by molar-refractivity contribution is 9.10. The standard InChI is InChI=1S/C11H14BrFN2OS.ClH/c1-17-5-4-10(14)11(16)15-7-2-3-8(12)9(13)6-7;/h2-3,6,10H,4-5,14H2,1H3,(H,15,16);1H/t10-;/m0./s1. The Morgan fingerprint density at radius 2 is 2.28 bits per heavy atom. The van der Waals surface area contributed by atoms with Gasteiger partial charge in [0.2, 0.25) is 5.91 Å². The summed E-state index contributed by atoms with van der Waals surface area (Å²) < 4.78 is 13.6. The molecule has 18 heavy (non-hydrogen) atoms. The number of carbonyl (C=O) groups excluding carboxylic acids is 1. The highest BCUT2D eigenvalue weighted by Crippen LogP contribution is 2.19. The first kappa shape index (κ1) is 17.7. The predicted octanol–water partition coefficient (Wildman–Crippen LogP) is 3.03. The summed E-state index contributed by atoms with van der Waals surface area (Å²) in [4.78, 5) is 11.6. The molecule has 0 unspecified atom stereocenters. The van der Waals surface area contributed by atoms with Crippen LogP contribution in [-0.2, 0) is 4.79 Å². The molecule has 0 saturated heterocycles. The Kier molecular flexibility index (Phi) is 8.60. The summed E-state index contributed by atoms with van der Waals surface area (Å²) in [6.07, 6.45) is 2.56. The number of rotatable bonds is 5. The number of thioether (sulfide) groups is 1. The third-order valence-corrected chi connectivity index (χ3v) is 3.44. The van der Waals surface area contributed by atoms with Crippen LogP contribution in [0.3, 0.4) is 0 Å². The van der Waals surface area contributed by atoms with E-state index in [-0.39, 0.29) is 18.3 Å². The zero-order valence-electron chi connectivity index (χ0n) is 9.78. The maximum absolute atomic E-state index is 13.2. The van der Waals surface area contributed by atoms with E-state index in [0.717, 1.165) is 5.75 Å². The van der Waals surface area contributed by atoms with Crippen molar-refractivity contribution in [3.8, 4) is 0 Å². The van der Waals surface area contributed by atoms with Crippen molar-refractivity contribution in [2.75, 3.05) is 17.3 Å². The van der Waals surface area contributed by atoms with Crippen LogP contribution in [0.25, 0.3) is 0 Å².